The van der Waals surface area contributed by atoms with E-state index in [-0.39, 0.29) is 12.3 Å². The predicted molar refractivity (Wildman–Crippen MR) is 60.1 cm³/mol. The van der Waals surface area contributed by atoms with Crippen LogP contribution in [0.5, 0.6) is 0 Å². The van der Waals surface area contributed by atoms with Crippen LogP contribution in [0.15, 0.2) is 35.9 Å². The molecule has 1 heterocycles. The number of hydrogen-bond acceptors (Lipinski definition) is 3. The van der Waals surface area contributed by atoms with Crippen LogP contribution in [-0.2, 0) is 9.53 Å². The summed E-state index contributed by atoms with van der Waals surface area (Å²) in [5.74, 6) is -0.613. The highest BCUT2D eigenvalue weighted by molar-refractivity contribution is 7.10. The van der Waals surface area contributed by atoms with E-state index in [2.05, 4.69) is 11.4 Å². The van der Waals surface area contributed by atoms with Gasteiger partial charge in [-0.25, -0.2) is 4.85 Å². The Balaban J connectivity index is 2.76. The average molecular weight is 219 g/mol. The second-order valence-electron chi connectivity index (χ2n) is 2.54. The Labute approximate surface area is 92.1 Å². The van der Waals surface area contributed by atoms with Gasteiger partial charge in [-0.3, -0.25) is 4.79 Å². The summed E-state index contributed by atoms with van der Waals surface area (Å²) in [6.45, 7) is 10.4. The SMILES string of the molecule is [C-]#[N+]C(=Cc1cccs1)C(=O)OCC=C. The van der Waals surface area contributed by atoms with Crippen LogP contribution in [0.3, 0.4) is 0 Å². The maximum absolute atomic E-state index is 11.3. The minimum Gasteiger partial charge on any atom is -0.466 e. The number of ether oxygens (including phenoxy) is 1. The van der Waals surface area contributed by atoms with Crippen molar-refractivity contribution in [2.24, 2.45) is 0 Å². The van der Waals surface area contributed by atoms with Crippen LogP contribution in [-0.4, -0.2) is 12.6 Å². The lowest BCUT2D eigenvalue weighted by Gasteiger charge is -1.98. The van der Waals surface area contributed by atoms with E-state index >= 15 is 0 Å². The van der Waals surface area contributed by atoms with Crippen molar-refractivity contribution in [3.63, 3.8) is 0 Å². The number of carbonyl (C=O) groups excluding carboxylic acids is 1. The van der Waals surface area contributed by atoms with Crippen LogP contribution in [0.25, 0.3) is 10.9 Å². The van der Waals surface area contributed by atoms with Gasteiger partial charge in [0.1, 0.15) is 6.61 Å². The summed E-state index contributed by atoms with van der Waals surface area (Å²) < 4.78 is 4.76. The Morgan fingerprint density at radius 1 is 1.73 bits per heavy atom. The molecule has 0 fully saturated rings. The van der Waals surface area contributed by atoms with Crippen molar-refractivity contribution in [3.8, 4) is 0 Å². The van der Waals surface area contributed by atoms with Gasteiger partial charge in [0.15, 0.2) is 0 Å². The van der Waals surface area contributed by atoms with Gasteiger partial charge in [-0.2, -0.15) is 0 Å². The summed E-state index contributed by atoms with van der Waals surface area (Å²) in [5.41, 5.74) is -0.0145. The topological polar surface area (TPSA) is 30.7 Å². The minimum atomic E-state index is -0.613. The quantitative estimate of drug-likeness (QED) is 0.337. The van der Waals surface area contributed by atoms with Gasteiger partial charge in [0.05, 0.1) is 6.57 Å². The van der Waals surface area contributed by atoms with Crippen molar-refractivity contribution in [3.05, 3.63) is 52.2 Å². The molecule has 0 bridgehead atoms. The fourth-order valence-corrected chi connectivity index (χ4v) is 1.50. The number of hydrogen-bond donors (Lipinski definition) is 0. The molecule has 0 aliphatic carbocycles. The first-order chi connectivity index (χ1) is 7.27. The van der Waals surface area contributed by atoms with Gasteiger partial charge in [-0.05, 0) is 17.5 Å². The molecule has 4 heteroatoms. The lowest BCUT2D eigenvalue weighted by atomic mass is 10.3. The molecule has 0 unspecified atom stereocenters. The first-order valence-corrected chi connectivity index (χ1v) is 5.06. The molecule has 0 saturated heterocycles. The van der Waals surface area contributed by atoms with Gasteiger partial charge >= 0.3 is 5.97 Å². The Kier molecular flexibility index (Phi) is 4.32. The van der Waals surface area contributed by atoms with Crippen LogP contribution >= 0.6 is 11.3 Å². The number of thiophene rings is 1. The van der Waals surface area contributed by atoms with Gasteiger partial charge in [0.2, 0.25) is 0 Å². The summed E-state index contributed by atoms with van der Waals surface area (Å²) in [6.07, 6.45) is 2.98. The Bertz CT molecular complexity index is 412. The lowest BCUT2D eigenvalue weighted by Crippen LogP contribution is -2.05. The monoisotopic (exact) mass is 219 g/mol. The zero-order valence-corrected chi connectivity index (χ0v) is 8.79. The molecule has 0 spiro atoms. The highest BCUT2D eigenvalue weighted by Gasteiger charge is 2.10. The van der Waals surface area contributed by atoms with Crippen molar-refractivity contribution in [2.75, 3.05) is 6.61 Å². The molecule has 1 rings (SSSR count). The standard InChI is InChI=1S/C11H9NO2S/c1-3-6-14-11(13)10(12-2)8-9-5-4-7-15-9/h3-5,7-8H,1,6H2. The van der Waals surface area contributed by atoms with Crippen LogP contribution in [0.4, 0.5) is 0 Å². The molecular weight excluding hydrogens is 210 g/mol. The highest BCUT2D eigenvalue weighted by Crippen LogP contribution is 2.14. The largest absolute Gasteiger partial charge is 0.466 e. The Hall–Kier alpha value is -1.86. The number of esters is 1. The van der Waals surface area contributed by atoms with E-state index in [1.54, 1.807) is 0 Å². The number of carbonyl (C=O) groups is 1. The van der Waals surface area contributed by atoms with Crippen LogP contribution < -0.4 is 0 Å². The predicted octanol–water partition coefficient (Wildman–Crippen LogP) is 2.74. The van der Waals surface area contributed by atoms with Gasteiger partial charge < -0.3 is 4.74 Å². The third-order valence-corrected chi connectivity index (χ3v) is 2.30. The fourth-order valence-electron chi connectivity index (χ4n) is 0.854. The summed E-state index contributed by atoms with van der Waals surface area (Å²) in [5, 5.41) is 1.88. The van der Waals surface area contributed by atoms with Crippen molar-refractivity contribution >= 4 is 23.4 Å². The van der Waals surface area contributed by atoms with Crippen LogP contribution in [0.1, 0.15) is 4.88 Å². The van der Waals surface area contributed by atoms with Crippen LogP contribution in [0, 0.1) is 6.57 Å². The van der Waals surface area contributed by atoms with Crippen molar-refractivity contribution < 1.29 is 9.53 Å². The maximum Gasteiger partial charge on any atom is 0.336 e. The van der Waals surface area contributed by atoms with Gasteiger partial charge in [-0.1, -0.05) is 18.7 Å². The number of rotatable bonds is 4. The number of nitrogens with zero attached hydrogens (tertiary/aromatic N) is 1. The second-order valence-corrected chi connectivity index (χ2v) is 3.52. The van der Waals surface area contributed by atoms with Gasteiger partial charge in [0, 0.05) is 4.88 Å². The summed E-state index contributed by atoms with van der Waals surface area (Å²) in [7, 11) is 0. The normalized spacial score (nSPS) is 10.5. The highest BCUT2D eigenvalue weighted by atomic mass is 32.1. The van der Waals surface area contributed by atoms with E-state index in [0.717, 1.165) is 4.88 Å². The van der Waals surface area contributed by atoms with E-state index in [0.29, 0.717) is 0 Å². The zero-order chi connectivity index (χ0) is 11.1. The smallest absolute Gasteiger partial charge is 0.336 e. The molecule has 0 aliphatic heterocycles. The van der Waals surface area contributed by atoms with Crippen molar-refractivity contribution in [1.29, 1.82) is 0 Å². The lowest BCUT2D eigenvalue weighted by molar-refractivity contribution is -0.137. The molecular formula is C11H9NO2S. The molecule has 76 valence electrons. The maximum atomic E-state index is 11.3. The first kappa shape index (κ1) is 11.2. The van der Waals surface area contributed by atoms with Crippen LogP contribution in [0.2, 0.25) is 0 Å². The molecule has 0 N–H and O–H groups in total. The van der Waals surface area contributed by atoms with E-state index in [1.165, 1.54) is 23.5 Å². The summed E-state index contributed by atoms with van der Waals surface area (Å²) >= 11 is 1.46. The molecule has 1 aromatic heterocycles. The Morgan fingerprint density at radius 3 is 3.07 bits per heavy atom. The fraction of sp³-hybridized carbons (Fsp3) is 0.0909. The summed E-state index contributed by atoms with van der Waals surface area (Å²) in [6, 6.07) is 3.68. The zero-order valence-electron chi connectivity index (χ0n) is 7.97. The van der Waals surface area contributed by atoms with Gasteiger partial charge in [-0.15, -0.1) is 11.3 Å². The molecule has 3 nitrogen and oxygen atoms in total. The summed E-state index contributed by atoms with van der Waals surface area (Å²) in [4.78, 5) is 15.3. The first-order valence-electron chi connectivity index (χ1n) is 4.18. The van der Waals surface area contributed by atoms with Crippen molar-refractivity contribution in [2.45, 2.75) is 0 Å². The minimum absolute atomic E-state index is 0.0145. The molecule has 0 amide bonds. The molecule has 0 aliphatic rings. The molecule has 0 saturated carbocycles. The molecule has 0 aromatic carbocycles. The molecule has 0 atom stereocenters. The second kappa shape index (κ2) is 5.78. The third-order valence-electron chi connectivity index (χ3n) is 1.48. The van der Waals surface area contributed by atoms with Crippen molar-refractivity contribution in [1.82, 2.24) is 0 Å². The Morgan fingerprint density at radius 2 is 2.53 bits per heavy atom. The average Bonchev–Trinajstić information content (AvgIpc) is 2.75. The third kappa shape index (κ3) is 3.41. The van der Waals surface area contributed by atoms with Gasteiger partial charge in [0.25, 0.3) is 5.70 Å². The van der Waals surface area contributed by atoms with E-state index in [1.807, 2.05) is 17.5 Å². The molecule has 0 radical (unpaired) electrons. The van der Waals surface area contributed by atoms with E-state index in [4.69, 9.17) is 11.3 Å². The molecule has 15 heavy (non-hydrogen) atoms. The van der Waals surface area contributed by atoms with E-state index < -0.39 is 5.97 Å². The van der Waals surface area contributed by atoms with E-state index in [9.17, 15) is 4.79 Å². The molecule has 1 aromatic rings.